The number of hydrogen-bond acceptors (Lipinski definition) is 3. The molecule has 1 aromatic rings. The second kappa shape index (κ2) is 6.68. The molecule has 2 heterocycles. The molecule has 0 bridgehead atoms. The van der Waals surface area contributed by atoms with E-state index >= 15 is 0 Å². The highest BCUT2D eigenvalue weighted by Crippen LogP contribution is 2.24. The largest absolute Gasteiger partial charge is 0.338 e. The van der Waals surface area contributed by atoms with Crippen LogP contribution in [0.5, 0.6) is 0 Å². The Morgan fingerprint density at radius 1 is 1.61 bits per heavy atom. The summed E-state index contributed by atoms with van der Waals surface area (Å²) in [6.45, 7) is 5.46. The number of hydrogen-bond donors (Lipinski definition) is 1. The van der Waals surface area contributed by atoms with Gasteiger partial charge < -0.3 is 10.2 Å². The summed E-state index contributed by atoms with van der Waals surface area (Å²) in [6, 6.07) is 4.13. The number of amides is 1. The maximum absolute atomic E-state index is 12.4. The number of nitrogens with zero attached hydrogens (tertiary/aromatic N) is 1. The molecule has 5 heteroatoms. The summed E-state index contributed by atoms with van der Waals surface area (Å²) >= 11 is 5.17. The maximum atomic E-state index is 12.4. The van der Waals surface area contributed by atoms with Crippen molar-refractivity contribution in [2.45, 2.75) is 26.3 Å². The van der Waals surface area contributed by atoms with Crippen LogP contribution in [0.2, 0.25) is 0 Å². The van der Waals surface area contributed by atoms with E-state index in [1.807, 2.05) is 11.0 Å². The summed E-state index contributed by atoms with van der Waals surface area (Å²) in [5.74, 6) is 0.469. The Hall–Kier alpha value is -0.390. The first-order valence-electron chi connectivity index (χ1n) is 6.44. The lowest BCUT2D eigenvalue weighted by Crippen LogP contribution is -2.42. The van der Waals surface area contributed by atoms with Crippen LogP contribution in [0.1, 0.15) is 24.6 Å². The van der Waals surface area contributed by atoms with Gasteiger partial charge in [0.05, 0.1) is 16.2 Å². The Kier molecular flexibility index (Phi) is 5.21. The van der Waals surface area contributed by atoms with Gasteiger partial charge in [-0.3, -0.25) is 4.79 Å². The number of halogens is 1. The SMILES string of the molecule is CCN(Cc1ccc(Br)s1)C(=O)[C@H]1CCCNC1. The normalized spacial score (nSPS) is 19.8. The van der Waals surface area contributed by atoms with E-state index in [1.54, 1.807) is 11.3 Å². The summed E-state index contributed by atoms with van der Waals surface area (Å²) in [7, 11) is 0. The van der Waals surface area contributed by atoms with Crippen molar-refractivity contribution in [3.63, 3.8) is 0 Å². The van der Waals surface area contributed by atoms with Crippen molar-refractivity contribution in [2.24, 2.45) is 5.92 Å². The fourth-order valence-electron chi connectivity index (χ4n) is 2.29. The number of thiophene rings is 1. The van der Waals surface area contributed by atoms with Crippen LogP contribution in [0.25, 0.3) is 0 Å². The third-order valence-electron chi connectivity index (χ3n) is 3.32. The standard InChI is InChI=1S/C13H19BrN2OS/c1-2-16(9-11-5-6-12(14)18-11)13(17)10-4-3-7-15-8-10/h5-6,10,15H,2-4,7-9H2,1H3/t10-/m0/s1. The van der Waals surface area contributed by atoms with E-state index in [9.17, 15) is 4.79 Å². The molecule has 1 amide bonds. The van der Waals surface area contributed by atoms with Crippen LogP contribution in [0.15, 0.2) is 15.9 Å². The minimum absolute atomic E-state index is 0.169. The van der Waals surface area contributed by atoms with Gasteiger partial charge in [0.25, 0.3) is 0 Å². The minimum Gasteiger partial charge on any atom is -0.338 e. The molecular formula is C13H19BrN2OS. The predicted molar refractivity (Wildman–Crippen MR) is 78.7 cm³/mol. The average molecular weight is 331 g/mol. The molecule has 1 fully saturated rings. The number of carbonyl (C=O) groups excluding carboxylic acids is 1. The Morgan fingerprint density at radius 2 is 2.44 bits per heavy atom. The van der Waals surface area contributed by atoms with Crippen LogP contribution in [0.4, 0.5) is 0 Å². The first-order valence-corrected chi connectivity index (χ1v) is 8.05. The van der Waals surface area contributed by atoms with Gasteiger partial charge in [-0.05, 0) is 54.4 Å². The highest BCUT2D eigenvalue weighted by atomic mass is 79.9. The van der Waals surface area contributed by atoms with E-state index in [1.165, 1.54) is 4.88 Å². The molecule has 1 N–H and O–H groups in total. The predicted octanol–water partition coefficient (Wildman–Crippen LogP) is 2.86. The Labute approximate surface area is 121 Å². The molecule has 1 aromatic heterocycles. The smallest absolute Gasteiger partial charge is 0.227 e. The first-order chi connectivity index (χ1) is 8.70. The van der Waals surface area contributed by atoms with Crippen LogP contribution in [0, 0.1) is 5.92 Å². The van der Waals surface area contributed by atoms with Crippen LogP contribution in [0.3, 0.4) is 0 Å². The van der Waals surface area contributed by atoms with Crippen LogP contribution in [-0.2, 0) is 11.3 Å². The zero-order chi connectivity index (χ0) is 13.0. The molecule has 0 aliphatic carbocycles. The molecule has 3 nitrogen and oxygen atoms in total. The maximum Gasteiger partial charge on any atom is 0.227 e. The Morgan fingerprint density at radius 3 is 3.00 bits per heavy atom. The summed E-state index contributed by atoms with van der Waals surface area (Å²) in [5, 5.41) is 3.31. The fraction of sp³-hybridized carbons (Fsp3) is 0.615. The van der Waals surface area contributed by atoms with Crippen molar-refractivity contribution in [3.05, 3.63) is 20.8 Å². The lowest BCUT2D eigenvalue weighted by Gasteiger charge is -2.28. The van der Waals surface area contributed by atoms with Crippen molar-refractivity contribution in [1.82, 2.24) is 10.2 Å². The number of nitrogens with one attached hydrogen (secondary N) is 1. The van der Waals surface area contributed by atoms with Gasteiger partial charge in [-0.15, -0.1) is 11.3 Å². The Balaban J connectivity index is 1.96. The second-order valence-corrected chi connectivity index (χ2v) is 7.15. The summed E-state index contributed by atoms with van der Waals surface area (Å²) < 4.78 is 1.13. The third-order valence-corrected chi connectivity index (χ3v) is 4.92. The number of carbonyl (C=O) groups is 1. The fourth-order valence-corrected chi connectivity index (χ4v) is 3.79. The molecule has 1 saturated heterocycles. The Bertz CT molecular complexity index is 401. The quantitative estimate of drug-likeness (QED) is 0.920. The highest BCUT2D eigenvalue weighted by Gasteiger charge is 2.25. The molecule has 0 unspecified atom stereocenters. The van der Waals surface area contributed by atoms with Gasteiger partial charge in [-0.25, -0.2) is 0 Å². The molecule has 100 valence electrons. The van der Waals surface area contributed by atoms with E-state index in [0.717, 1.165) is 42.8 Å². The van der Waals surface area contributed by atoms with E-state index < -0.39 is 0 Å². The molecule has 0 radical (unpaired) electrons. The van der Waals surface area contributed by atoms with Crippen molar-refractivity contribution in [1.29, 1.82) is 0 Å². The van der Waals surface area contributed by atoms with Crippen molar-refractivity contribution in [2.75, 3.05) is 19.6 Å². The molecule has 0 spiro atoms. The van der Waals surface area contributed by atoms with Gasteiger partial charge in [-0.2, -0.15) is 0 Å². The van der Waals surface area contributed by atoms with Gasteiger partial charge in [0.1, 0.15) is 0 Å². The summed E-state index contributed by atoms with van der Waals surface area (Å²) in [4.78, 5) is 15.6. The van der Waals surface area contributed by atoms with E-state index in [-0.39, 0.29) is 5.92 Å². The third kappa shape index (κ3) is 3.56. The average Bonchev–Trinajstić information content (AvgIpc) is 2.82. The molecule has 2 rings (SSSR count). The molecule has 18 heavy (non-hydrogen) atoms. The van der Waals surface area contributed by atoms with Crippen LogP contribution in [-0.4, -0.2) is 30.4 Å². The summed E-state index contributed by atoms with van der Waals surface area (Å²) in [6.07, 6.45) is 2.13. The first kappa shape index (κ1) is 14.0. The zero-order valence-electron chi connectivity index (χ0n) is 10.6. The van der Waals surface area contributed by atoms with E-state index in [2.05, 4.69) is 34.2 Å². The molecular weight excluding hydrogens is 312 g/mol. The van der Waals surface area contributed by atoms with E-state index in [4.69, 9.17) is 0 Å². The van der Waals surface area contributed by atoms with E-state index in [0.29, 0.717) is 5.91 Å². The van der Waals surface area contributed by atoms with Gasteiger partial charge in [-0.1, -0.05) is 0 Å². The molecule has 0 aromatic carbocycles. The highest BCUT2D eigenvalue weighted by molar-refractivity contribution is 9.11. The van der Waals surface area contributed by atoms with Crippen molar-refractivity contribution >= 4 is 33.2 Å². The lowest BCUT2D eigenvalue weighted by molar-refractivity contribution is -0.136. The molecule has 1 aliphatic rings. The van der Waals surface area contributed by atoms with Crippen LogP contribution < -0.4 is 5.32 Å². The van der Waals surface area contributed by atoms with Gasteiger partial charge in [0.15, 0.2) is 0 Å². The molecule has 0 saturated carbocycles. The van der Waals surface area contributed by atoms with Gasteiger partial charge >= 0.3 is 0 Å². The topological polar surface area (TPSA) is 32.3 Å². The van der Waals surface area contributed by atoms with Gasteiger partial charge in [0, 0.05) is 18.0 Å². The molecule has 1 atom stereocenters. The lowest BCUT2D eigenvalue weighted by atomic mass is 9.98. The van der Waals surface area contributed by atoms with Crippen molar-refractivity contribution in [3.8, 4) is 0 Å². The second-order valence-electron chi connectivity index (χ2n) is 4.60. The summed E-state index contributed by atoms with van der Waals surface area (Å²) in [5.41, 5.74) is 0. The number of rotatable bonds is 4. The van der Waals surface area contributed by atoms with Crippen molar-refractivity contribution < 1.29 is 4.79 Å². The minimum atomic E-state index is 0.169. The van der Waals surface area contributed by atoms with Gasteiger partial charge in [0.2, 0.25) is 5.91 Å². The number of piperidine rings is 1. The molecule has 1 aliphatic heterocycles. The van der Waals surface area contributed by atoms with Crippen LogP contribution >= 0.6 is 27.3 Å². The zero-order valence-corrected chi connectivity index (χ0v) is 13.0. The monoisotopic (exact) mass is 330 g/mol.